The molecule has 2 aromatic rings. The fraction of sp³-hybridized carbons (Fsp3) is 0.400. The van der Waals surface area contributed by atoms with Gasteiger partial charge in [-0.3, -0.25) is 4.98 Å². The number of hydrogen-bond acceptors (Lipinski definition) is 4. The molecule has 1 unspecified atom stereocenters. The van der Waals surface area contributed by atoms with E-state index in [1.54, 1.807) is 6.20 Å². The van der Waals surface area contributed by atoms with Gasteiger partial charge in [0.15, 0.2) is 0 Å². The summed E-state index contributed by atoms with van der Waals surface area (Å²) in [5.74, 6) is 0.303. The van der Waals surface area contributed by atoms with Gasteiger partial charge in [0.1, 0.15) is 0 Å². The summed E-state index contributed by atoms with van der Waals surface area (Å²) in [4.78, 5) is 12.5. The fourth-order valence-electron chi connectivity index (χ4n) is 2.09. The third-order valence-electron chi connectivity index (χ3n) is 3.18. The quantitative estimate of drug-likeness (QED) is 0.911. The lowest BCUT2D eigenvalue weighted by Gasteiger charge is -2.15. The van der Waals surface area contributed by atoms with Crippen LogP contribution in [0.2, 0.25) is 0 Å². The molecule has 0 saturated carbocycles. The molecule has 0 aliphatic carbocycles. The van der Waals surface area contributed by atoms with E-state index in [2.05, 4.69) is 20.3 Å². The van der Waals surface area contributed by atoms with Crippen LogP contribution in [0, 0.1) is 6.92 Å². The van der Waals surface area contributed by atoms with Crippen molar-refractivity contribution in [3.63, 3.8) is 0 Å². The topological polar surface area (TPSA) is 50.7 Å². The molecule has 0 bridgehead atoms. The first-order valence-electron chi connectivity index (χ1n) is 6.92. The first-order valence-corrected chi connectivity index (χ1v) is 6.92. The number of halogens is 3. The summed E-state index contributed by atoms with van der Waals surface area (Å²) in [5, 5.41) is 3.07. The predicted octanol–water partition coefficient (Wildman–Crippen LogP) is 3.85. The first-order chi connectivity index (χ1) is 10.3. The van der Waals surface area contributed by atoms with Crippen LogP contribution in [0.1, 0.15) is 36.3 Å². The number of hydrogen-bond donors (Lipinski definition) is 1. The van der Waals surface area contributed by atoms with E-state index in [0.717, 1.165) is 11.3 Å². The van der Waals surface area contributed by atoms with Gasteiger partial charge < -0.3 is 5.32 Å². The normalized spacial score (nSPS) is 13.0. The van der Waals surface area contributed by atoms with E-state index in [4.69, 9.17) is 0 Å². The van der Waals surface area contributed by atoms with Crippen molar-refractivity contribution < 1.29 is 13.2 Å². The summed E-state index contributed by atoms with van der Waals surface area (Å²) in [6.45, 7) is 3.85. The van der Waals surface area contributed by atoms with Gasteiger partial charge in [0.25, 0.3) is 0 Å². The lowest BCUT2D eigenvalue weighted by atomic mass is 10.1. The van der Waals surface area contributed by atoms with Crippen molar-refractivity contribution in [1.29, 1.82) is 0 Å². The van der Waals surface area contributed by atoms with E-state index in [0.29, 0.717) is 11.6 Å². The molecule has 7 heteroatoms. The van der Waals surface area contributed by atoms with E-state index < -0.39 is 12.6 Å². The minimum Gasteiger partial charge on any atom is -0.346 e. The number of alkyl halides is 3. The molecule has 0 aromatic carbocycles. The van der Waals surface area contributed by atoms with Gasteiger partial charge in [-0.25, -0.2) is 9.97 Å². The van der Waals surface area contributed by atoms with Crippen LogP contribution in [-0.2, 0) is 6.42 Å². The van der Waals surface area contributed by atoms with Crippen LogP contribution in [0.25, 0.3) is 0 Å². The summed E-state index contributed by atoms with van der Waals surface area (Å²) >= 11 is 0. The molecule has 0 aliphatic rings. The molecule has 2 rings (SSSR count). The van der Waals surface area contributed by atoms with Crippen LogP contribution in [0.3, 0.4) is 0 Å². The summed E-state index contributed by atoms with van der Waals surface area (Å²) in [6, 6.07) is 5.15. The molecule has 1 N–H and O–H groups in total. The van der Waals surface area contributed by atoms with Gasteiger partial charge in [0, 0.05) is 24.5 Å². The van der Waals surface area contributed by atoms with Crippen molar-refractivity contribution in [2.45, 2.75) is 38.9 Å². The van der Waals surface area contributed by atoms with Crippen molar-refractivity contribution in [2.24, 2.45) is 0 Å². The van der Waals surface area contributed by atoms with Gasteiger partial charge in [-0.1, -0.05) is 6.07 Å². The Morgan fingerprint density at radius 2 is 1.95 bits per heavy atom. The summed E-state index contributed by atoms with van der Waals surface area (Å²) in [6.07, 6.45) is -2.08. The van der Waals surface area contributed by atoms with Crippen LogP contribution in [0.4, 0.5) is 19.1 Å². The molecule has 0 radical (unpaired) electrons. The number of pyridine rings is 1. The van der Waals surface area contributed by atoms with Crippen molar-refractivity contribution in [3.8, 4) is 0 Å². The molecular formula is C15H17F3N4. The maximum atomic E-state index is 12.3. The number of nitrogens with zero attached hydrogens (tertiary/aromatic N) is 3. The molecule has 22 heavy (non-hydrogen) atoms. The Labute approximate surface area is 126 Å². The van der Waals surface area contributed by atoms with Crippen molar-refractivity contribution >= 4 is 5.95 Å². The molecule has 0 amide bonds. The number of aromatic nitrogens is 3. The highest BCUT2D eigenvalue weighted by molar-refractivity contribution is 5.32. The number of rotatable bonds is 5. The Hall–Kier alpha value is -2.18. The largest absolute Gasteiger partial charge is 0.389 e. The Morgan fingerprint density at radius 1 is 1.18 bits per heavy atom. The molecule has 1 atom stereocenters. The Kier molecular flexibility index (Phi) is 4.95. The second-order valence-corrected chi connectivity index (χ2v) is 5.06. The van der Waals surface area contributed by atoms with Crippen LogP contribution < -0.4 is 5.32 Å². The first kappa shape index (κ1) is 16.2. The van der Waals surface area contributed by atoms with E-state index in [1.165, 1.54) is 12.3 Å². The predicted molar refractivity (Wildman–Crippen MR) is 77.4 cm³/mol. The highest BCUT2D eigenvalue weighted by atomic mass is 19.4. The molecule has 4 nitrogen and oxygen atoms in total. The molecule has 0 aliphatic heterocycles. The second-order valence-electron chi connectivity index (χ2n) is 5.06. The number of aryl methyl sites for hydroxylation is 2. The maximum Gasteiger partial charge on any atom is 0.389 e. The summed E-state index contributed by atoms with van der Waals surface area (Å²) in [7, 11) is 0. The lowest BCUT2D eigenvalue weighted by molar-refractivity contribution is -0.134. The molecule has 0 saturated heterocycles. The van der Waals surface area contributed by atoms with Gasteiger partial charge >= 0.3 is 6.18 Å². The zero-order valence-corrected chi connectivity index (χ0v) is 12.4. The van der Waals surface area contributed by atoms with E-state index in [9.17, 15) is 13.2 Å². The molecule has 118 valence electrons. The van der Waals surface area contributed by atoms with Gasteiger partial charge in [-0.2, -0.15) is 13.2 Å². The fourth-order valence-corrected chi connectivity index (χ4v) is 2.09. The van der Waals surface area contributed by atoms with E-state index in [-0.39, 0.29) is 12.5 Å². The molecule has 2 heterocycles. The summed E-state index contributed by atoms with van der Waals surface area (Å²) < 4.78 is 36.8. The molecule has 2 aromatic heterocycles. The molecule has 0 spiro atoms. The minimum atomic E-state index is -4.18. The number of nitrogens with one attached hydrogen (secondary N) is 1. The smallest absolute Gasteiger partial charge is 0.346 e. The SMILES string of the molecule is Cc1cccnc1C(C)Nc1nccc(CCC(F)(F)F)n1. The van der Waals surface area contributed by atoms with Crippen molar-refractivity contribution in [2.75, 3.05) is 5.32 Å². The monoisotopic (exact) mass is 310 g/mol. The summed E-state index contributed by atoms with van der Waals surface area (Å²) in [5.41, 5.74) is 2.24. The highest BCUT2D eigenvalue weighted by Crippen LogP contribution is 2.22. The Balaban J connectivity index is 2.05. The van der Waals surface area contributed by atoms with Crippen LogP contribution in [0.15, 0.2) is 30.6 Å². The van der Waals surface area contributed by atoms with Crippen LogP contribution >= 0.6 is 0 Å². The van der Waals surface area contributed by atoms with Crippen molar-refractivity contribution in [1.82, 2.24) is 15.0 Å². The van der Waals surface area contributed by atoms with Gasteiger partial charge in [-0.15, -0.1) is 0 Å². The zero-order chi connectivity index (χ0) is 16.2. The Bertz CT molecular complexity index is 628. The minimum absolute atomic E-state index is 0.140. The lowest BCUT2D eigenvalue weighted by Crippen LogP contribution is -2.13. The van der Waals surface area contributed by atoms with E-state index in [1.807, 2.05) is 26.0 Å². The van der Waals surface area contributed by atoms with Crippen molar-refractivity contribution in [3.05, 3.63) is 47.5 Å². The number of anilines is 1. The average Bonchev–Trinajstić information content (AvgIpc) is 2.45. The van der Waals surface area contributed by atoms with Gasteiger partial charge in [0.2, 0.25) is 5.95 Å². The maximum absolute atomic E-state index is 12.3. The van der Waals surface area contributed by atoms with Gasteiger partial charge in [-0.05, 0) is 38.0 Å². The molecule has 0 fully saturated rings. The van der Waals surface area contributed by atoms with Crippen LogP contribution in [-0.4, -0.2) is 21.1 Å². The van der Waals surface area contributed by atoms with Crippen LogP contribution in [0.5, 0.6) is 0 Å². The highest BCUT2D eigenvalue weighted by Gasteiger charge is 2.26. The second kappa shape index (κ2) is 6.72. The van der Waals surface area contributed by atoms with E-state index >= 15 is 0 Å². The average molecular weight is 310 g/mol. The third-order valence-corrected chi connectivity index (χ3v) is 3.18. The molecular weight excluding hydrogens is 293 g/mol. The van der Waals surface area contributed by atoms with Gasteiger partial charge in [0.05, 0.1) is 11.7 Å². The third kappa shape index (κ3) is 4.68. The Morgan fingerprint density at radius 3 is 2.64 bits per heavy atom. The zero-order valence-electron chi connectivity index (χ0n) is 12.4. The standard InChI is InChI=1S/C15H17F3N4/c1-10-4-3-8-19-13(10)11(2)21-14-20-9-6-12(22-14)5-7-15(16,17)18/h3-4,6,8-9,11H,5,7H2,1-2H3,(H,20,21,22).